The van der Waals surface area contributed by atoms with E-state index in [2.05, 4.69) is 21.2 Å². The molecule has 0 radical (unpaired) electrons. The van der Waals surface area contributed by atoms with Gasteiger partial charge in [0.1, 0.15) is 5.82 Å². The molecule has 0 unspecified atom stereocenters. The van der Waals surface area contributed by atoms with E-state index in [9.17, 15) is 4.39 Å². The lowest BCUT2D eigenvalue weighted by atomic mass is 9.99. The first-order chi connectivity index (χ1) is 9.22. The van der Waals surface area contributed by atoms with Gasteiger partial charge >= 0.3 is 0 Å². The van der Waals surface area contributed by atoms with Crippen LogP contribution in [0.5, 0.6) is 0 Å². The van der Waals surface area contributed by atoms with Gasteiger partial charge in [-0.25, -0.2) is 4.39 Å². The van der Waals surface area contributed by atoms with Gasteiger partial charge in [-0.1, -0.05) is 34.1 Å². The molecule has 1 N–H and O–H groups in total. The highest BCUT2D eigenvalue weighted by atomic mass is 79.9. The second-order valence-corrected chi connectivity index (χ2v) is 5.88. The average Bonchev–Trinajstić information content (AvgIpc) is 3.21. The van der Waals surface area contributed by atoms with Crippen molar-refractivity contribution in [2.24, 2.45) is 0 Å². The van der Waals surface area contributed by atoms with Gasteiger partial charge in [0.15, 0.2) is 0 Å². The highest BCUT2D eigenvalue weighted by Crippen LogP contribution is 2.28. The Kier molecular flexibility index (Phi) is 3.67. The van der Waals surface area contributed by atoms with Crippen molar-refractivity contribution in [1.82, 2.24) is 5.32 Å². The molecule has 1 fully saturated rings. The van der Waals surface area contributed by atoms with Crippen LogP contribution in [0.15, 0.2) is 46.9 Å². The fourth-order valence-corrected chi connectivity index (χ4v) is 2.57. The van der Waals surface area contributed by atoms with E-state index in [1.165, 1.54) is 18.9 Å². The molecule has 1 nitrogen and oxygen atoms in total. The molecular weight excluding hydrogens is 305 g/mol. The Balaban J connectivity index is 1.94. The Morgan fingerprint density at radius 3 is 2.74 bits per heavy atom. The molecule has 3 rings (SSSR count). The molecule has 2 aromatic rings. The van der Waals surface area contributed by atoms with Crippen molar-refractivity contribution in [1.29, 1.82) is 0 Å². The van der Waals surface area contributed by atoms with Crippen molar-refractivity contribution in [3.63, 3.8) is 0 Å². The average molecular weight is 320 g/mol. The largest absolute Gasteiger partial charge is 0.310 e. The van der Waals surface area contributed by atoms with Crippen molar-refractivity contribution in [2.45, 2.75) is 25.4 Å². The van der Waals surface area contributed by atoms with Crippen LogP contribution in [0, 0.1) is 5.82 Å². The fraction of sp³-hybridized carbons (Fsp3) is 0.250. The van der Waals surface area contributed by atoms with Crippen LogP contribution in [0.1, 0.15) is 18.4 Å². The van der Waals surface area contributed by atoms with Gasteiger partial charge < -0.3 is 5.32 Å². The molecule has 0 aliphatic heterocycles. The van der Waals surface area contributed by atoms with E-state index < -0.39 is 0 Å². The van der Waals surface area contributed by atoms with Gasteiger partial charge in [0.25, 0.3) is 0 Å². The van der Waals surface area contributed by atoms with Crippen LogP contribution in [0.2, 0.25) is 0 Å². The van der Waals surface area contributed by atoms with Crippen LogP contribution < -0.4 is 5.32 Å². The van der Waals surface area contributed by atoms with Crippen molar-refractivity contribution in [3.8, 4) is 11.1 Å². The maximum atomic E-state index is 13.5. The molecule has 1 saturated carbocycles. The van der Waals surface area contributed by atoms with Gasteiger partial charge in [0, 0.05) is 17.1 Å². The minimum Gasteiger partial charge on any atom is -0.310 e. The summed E-state index contributed by atoms with van der Waals surface area (Å²) in [6, 6.07) is 13.7. The predicted molar refractivity (Wildman–Crippen MR) is 79.4 cm³/mol. The molecule has 0 bridgehead atoms. The van der Waals surface area contributed by atoms with Crippen LogP contribution in [-0.2, 0) is 6.54 Å². The standard InChI is InChI=1S/C16H15BrFN/c17-13-3-1-2-11(8-13)16-9-14(18)5-4-12(16)10-19-15-6-7-15/h1-5,8-9,15,19H,6-7,10H2. The first-order valence-corrected chi connectivity index (χ1v) is 7.29. The van der Waals surface area contributed by atoms with E-state index in [0.29, 0.717) is 6.04 Å². The van der Waals surface area contributed by atoms with E-state index in [0.717, 1.165) is 27.7 Å². The van der Waals surface area contributed by atoms with Gasteiger partial charge in [-0.3, -0.25) is 0 Å². The minimum atomic E-state index is -0.190. The molecule has 19 heavy (non-hydrogen) atoms. The zero-order valence-electron chi connectivity index (χ0n) is 10.5. The molecule has 0 heterocycles. The van der Waals surface area contributed by atoms with E-state index in [4.69, 9.17) is 0 Å². The predicted octanol–water partition coefficient (Wildman–Crippen LogP) is 4.51. The van der Waals surface area contributed by atoms with Crippen LogP contribution in [0.3, 0.4) is 0 Å². The molecule has 1 aliphatic carbocycles. The maximum absolute atomic E-state index is 13.5. The Morgan fingerprint density at radius 2 is 2.00 bits per heavy atom. The SMILES string of the molecule is Fc1ccc(CNC2CC2)c(-c2cccc(Br)c2)c1. The third kappa shape index (κ3) is 3.23. The van der Waals surface area contributed by atoms with E-state index >= 15 is 0 Å². The molecule has 1 aliphatic rings. The summed E-state index contributed by atoms with van der Waals surface area (Å²) in [6.07, 6.45) is 2.51. The smallest absolute Gasteiger partial charge is 0.123 e. The Morgan fingerprint density at radius 1 is 1.16 bits per heavy atom. The Labute approximate surface area is 121 Å². The number of halogens is 2. The van der Waals surface area contributed by atoms with Crippen molar-refractivity contribution in [3.05, 3.63) is 58.3 Å². The normalized spacial score (nSPS) is 14.6. The van der Waals surface area contributed by atoms with Crippen LogP contribution in [0.25, 0.3) is 11.1 Å². The summed E-state index contributed by atoms with van der Waals surface area (Å²) in [6.45, 7) is 0.798. The summed E-state index contributed by atoms with van der Waals surface area (Å²) in [5.41, 5.74) is 3.15. The summed E-state index contributed by atoms with van der Waals surface area (Å²) < 4.78 is 14.5. The third-order valence-corrected chi connectivity index (χ3v) is 3.86. The van der Waals surface area contributed by atoms with Crippen LogP contribution in [0.4, 0.5) is 4.39 Å². The zero-order valence-corrected chi connectivity index (χ0v) is 12.1. The van der Waals surface area contributed by atoms with Crippen LogP contribution >= 0.6 is 15.9 Å². The van der Waals surface area contributed by atoms with Gasteiger partial charge in [0.05, 0.1) is 0 Å². The Hall–Kier alpha value is -1.19. The highest BCUT2D eigenvalue weighted by molar-refractivity contribution is 9.10. The molecule has 0 amide bonds. The van der Waals surface area contributed by atoms with Gasteiger partial charge in [0.2, 0.25) is 0 Å². The topological polar surface area (TPSA) is 12.0 Å². The summed E-state index contributed by atoms with van der Waals surface area (Å²) in [4.78, 5) is 0. The first-order valence-electron chi connectivity index (χ1n) is 6.50. The fourth-order valence-electron chi connectivity index (χ4n) is 2.17. The highest BCUT2D eigenvalue weighted by Gasteiger charge is 2.20. The van der Waals surface area contributed by atoms with Crippen LogP contribution in [-0.4, -0.2) is 6.04 Å². The van der Waals surface area contributed by atoms with Crippen molar-refractivity contribution in [2.75, 3.05) is 0 Å². The molecule has 0 spiro atoms. The minimum absolute atomic E-state index is 0.190. The van der Waals surface area contributed by atoms with Gasteiger partial charge in [-0.15, -0.1) is 0 Å². The monoisotopic (exact) mass is 319 g/mol. The van der Waals surface area contributed by atoms with E-state index in [1.54, 1.807) is 6.07 Å². The van der Waals surface area contributed by atoms with Crippen molar-refractivity contribution >= 4 is 15.9 Å². The lowest BCUT2D eigenvalue weighted by Crippen LogP contribution is -2.15. The molecule has 0 saturated heterocycles. The molecule has 2 aromatic carbocycles. The maximum Gasteiger partial charge on any atom is 0.123 e. The second-order valence-electron chi connectivity index (χ2n) is 4.97. The number of benzene rings is 2. The molecule has 3 heteroatoms. The Bertz CT molecular complexity index is 593. The zero-order chi connectivity index (χ0) is 13.2. The number of rotatable bonds is 4. The molecule has 0 atom stereocenters. The molecule has 98 valence electrons. The number of hydrogen-bond donors (Lipinski definition) is 1. The summed E-state index contributed by atoms with van der Waals surface area (Å²) in [7, 11) is 0. The lowest BCUT2D eigenvalue weighted by Gasteiger charge is -2.11. The molecular formula is C16H15BrFN. The van der Waals surface area contributed by atoms with E-state index in [-0.39, 0.29) is 5.82 Å². The molecule has 0 aromatic heterocycles. The number of nitrogens with one attached hydrogen (secondary N) is 1. The van der Waals surface area contributed by atoms with Crippen molar-refractivity contribution < 1.29 is 4.39 Å². The summed E-state index contributed by atoms with van der Waals surface area (Å²) in [5, 5.41) is 3.48. The van der Waals surface area contributed by atoms with Gasteiger partial charge in [-0.2, -0.15) is 0 Å². The number of hydrogen-bond acceptors (Lipinski definition) is 1. The summed E-state index contributed by atoms with van der Waals surface area (Å²) >= 11 is 3.47. The van der Waals surface area contributed by atoms with Gasteiger partial charge in [-0.05, 0) is 53.8 Å². The lowest BCUT2D eigenvalue weighted by molar-refractivity contribution is 0.625. The third-order valence-electron chi connectivity index (χ3n) is 3.37. The quantitative estimate of drug-likeness (QED) is 0.874. The summed E-state index contributed by atoms with van der Waals surface area (Å²) in [5.74, 6) is -0.190. The second kappa shape index (κ2) is 5.43. The first kappa shape index (κ1) is 12.8. The van der Waals surface area contributed by atoms with E-state index in [1.807, 2.05) is 30.3 Å².